The van der Waals surface area contributed by atoms with Gasteiger partial charge in [-0.05, 0) is 61.4 Å². The molecule has 5 aliphatic rings. The Labute approximate surface area is 292 Å². The summed E-state index contributed by atoms with van der Waals surface area (Å²) >= 11 is 1.21. The highest BCUT2D eigenvalue weighted by Gasteiger charge is 2.50. The summed E-state index contributed by atoms with van der Waals surface area (Å²) in [4.78, 5) is 22.0. The first-order valence-electron chi connectivity index (χ1n) is 17.6. The van der Waals surface area contributed by atoms with Gasteiger partial charge in [-0.2, -0.15) is 15.2 Å². The van der Waals surface area contributed by atoms with Crippen LogP contribution in [0.3, 0.4) is 0 Å². The van der Waals surface area contributed by atoms with Crippen LogP contribution < -0.4 is 15.4 Å². The van der Waals surface area contributed by atoms with E-state index in [1.807, 2.05) is 0 Å². The zero-order valence-electron chi connectivity index (χ0n) is 28.1. The zero-order valence-corrected chi connectivity index (χ0v) is 28.9. The topological polar surface area (TPSA) is 126 Å². The molecule has 3 aromatic heterocycles. The number of halogens is 2. The molecule has 1 aromatic carbocycles. The largest absolute Gasteiger partial charge is 0.461 e. The lowest BCUT2D eigenvalue weighted by atomic mass is 9.91. The van der Waals surface area contributed by atoms with Crippen LogP contribution in [0, 0.1) is 17.1 Å². The van der Waals surface area contributed by atoms with Gasteiger partial charge in [0.1, 0.15) is 40.0 Å². The Bertz CT molecular complexity index is 2020. The quantitative estimate of drug-likeness (QED) is 0.232. The van der Waals surface area contributed by atoms with Crippen molar-refractivity contribution in [2.45, 2.75) is 75.5 Å². The molecular formula is C36H40F2N8O3S. The maximum absolute atomic E-state index is 17.5. The lowest BCUT2D eigenvalue weighted by Crippen LogP contribution is -2.54. The van der Waals surface area contributed by atoms with E-state index in [2.05, 4.69) is 25.8 Å². The Morgan fingerprint density at radius 2 is 1.98 bits per heavy atom. The lowest BCUT2D eigenvalue weighted by molar-refractivity contribution is 0.107. The Kier molecular flexibility index (Phi) is 8.04. The molecular weight excluding hydrogens is 663 g/mol. The van der Waals surface area contributed by atoms with E-state index >= 15 is 4.39 Å². The number of hydrogen-bond donors (Lipinski definition) is 1. The van der Waals surface area contributed by atoms with Crippen molar-refractivity contribution in [1.29, 1.82) is 5.26 Å². The van der Waals surface area contributed by atoms with Crippen molar-refractivity contribution < 1.29 is 23.0 Å². The number of thiophene rings is 1. The van der Waals surface area contributed by atoms with Gasteiger partial charge in [0.25, 0.3) is 0 Å². The minimum Gasteiger partial charge on any atom is -0.461 e. The maximum Gasteiger partial charge on any atom is 0.319 e. The van der Waals surface area contributed by atoms with Gasteiger partial charge in [0.15, 0.2) is 5.82 Å². The molecule has 0 spiro atoms. The van der Waals surface area contributed by atoms with Gasteiger partial charge >= 0.3 is 6.01 Å². The predicted octanol–water partition coefficient (Wildman–Crippen LogP) is 5.17. The van der Waals surface area contributed by atoms with Gasteiger partial charge in [0.2, 0.25) is 0 Å². The summed E-state index contributed by atoms with van der Waals surface area (Å²) < 4.78 is 50.0. The smallest absolute Gasteiger partial charge is 0.319 e. The highest BCUT2D eigenvalue weighted by Crippen LogP contribution is 2.48. The van der Waals surface area contributed by atoms with Gasteiger partial charge in [-0.15, -0.1) is 0 Å². The van der Waals surface area contributed by atoms with E-state index in [9.17, 15) is 9.65 Å². The average Bonchev–Trinajstić information content (AvgIpc) is 3.91. The van der Waals surface area contributed by atoms with E-state index in [-0.39, 0.29) is 49.0 Å². The number of nitrogens with zero attached hydrogens (tertiary/aromatic N) is 7. The molecule has 0 amide bonds. The molecule has 0 aliphatic carbocycles. The van der Waals surface area contributed by atoms with Crippen LogP contribution in [0.25, 0.3) is 32.2 Å². The Hall–Kier alpha value is -3.74. The molecule has 14 heteroatoms. The first-order chi connectivity index (χ1) is 24.4. The highest BCUT2D eigenvalue weighted by molar-refractivity contribution is 7.22. The standard InChI is InChI=1S/C36H40F2N8O3S/c1-47-11-3-9-44-15-21-4-5-22(16-44)46(21)33-29-26-18-48-17-25(26)27(23-6-8-41-34-28(23)24(13-39)32(40)50-34)30(38)31(29)42-35(43-33)49-19-36-7-2-10-45(36)14-20(37)12-36/h6,8,20-22H,2-5,7,9-12,14-19,40H2,1H3/t20-,21?,22?,36+/m1/s1. The molecule has 4 saturated heterocycles. The molecule has 8 heterocycles. The third-order valence-electron chi connectivity index (χ3n) is 11.6. The van der Waals surface area contributed by atoms with Crippen molar-refractivity contribution in [2.75, 3.05) is 63.7 Å². The number of fused-ring (bicyclic) bond motifs is 7. The number of likely N-dealkylation sites (tertiary alicyclic amines) is 1. The molecule has 9 rings (SSSR count). The Morgan fingerprint density at radius 1 is 1.16 bits per heavy atom. The fourth-order valence-electron chi connectivity index (χ4n) is 9.48. The summed E-state index contributed by atoms with van der Waals surface area (Å²) in [6.45, 7) is 5.42. The molecule has 11 nitrogen and oxygen atoms in total. The Morgan fingerprint density at radius 3 is 2.78 bits per heavy atom. The fourth-order valence-corrected chi connectivity index (χ4v) is 10.4. The molecule has 4 fully saturated rings. The van der Waals surface area contributed by atoms with Gasteiger partial charge in [-0.25, -0.2) is 13.8 Å². The first kappa shape index (κ1) is 32.2. The van der Waals surface area contributed by atoms with Crippen molar-refractivity contribution in [1.82, 2.24) is 24.8 Å². The lowest BCUT2D eigenvalue weighted by Gasteiger charge is -2.42. The minimum atomic E-state index is -0.896. The van der Waals surface area contributed by atoms with Crippen molar-refractivity contribution in [3.63, 3.8) is 0 Å². The number of methoxy groups -OCH3 is 1. The fraction of sp³-hybridized carbons (Fsp3) is 0.556. The molecule has 4 atom stereocenters. The molecule has 2 N–H and O–H groups in total. The monoisotopic (exact) mass is 702 g/mol. The molecule has 0 saturated carbocycles. The summed E-state index contributed by atoms with van der Waals surface area (Å²) in [6.07, 6.45) is 5.95. The van der Waals surface area contributed by atoms with Crippen LogP contribution in [0.5, 0.6) is 6.01 Å². The van der Waals surface area contributed by atoms with Crippen molar-refractivity contribution >= 4 is 43.3 Å². The first-order valence-corrected chi connectivity index (χ1v) is 18.4. The number of alkyl halides is 1. The Balaban J connectivity index is 1.20. The zero-order chi connectivity index (χ0) is 34.1. The second-order valence-electron chi connectivity index (χ2n) is 14.4. The van der Waals surface area contributed by atoms with Crippen molar-refractivity contribution in [3.05, 3.63) is 34.8 Å². The molecule has 262 valence electrons. The van der Waals surface area contributed by atoms with Gasteiger partial charge < -0.3 is 24.8 Å². The third-order valence-corrected chi connectivity index (χ3v) is 12.5. The van der Waals surface area contributed by atoms with Crippen LogP contribution in [0.15, 0.2) is 12.3 Å². The summed E-state index contributed by atoms with van der Waals surface area (Å²) in [5.41, 5.74) is 8.73. The second-order valence-corrected chi connectivity index (χ2v) is 15.5. The number of nitriles is 1. The van der Waals surface area contributed by atoms with Crippen LogP contribution in [0.2, 0.25) is 0 Å². The van der Waals surface area contributed by atoms with Gasteiger partial charge in [0, 0.05) is 75.5 Å². The van der Waals surface area contributed by atoms with Crippen LogP contribution >= 0.6 is 11.3 Å². The SMILES string of the molecule is COCCCN1CC2CCC(C1)N2c1nc(OC[C@@]23CCCN2C[C@H](F)C3)nc2c(F)c(-c3ccnc4sc(N)c(C#N)c34)c3c(c12)COC3. The van der Waals surface area contributed by atoms with E-state index < -0.39 is 17.5 Å². The molecule has 50 heavy (non-hydrogen) atoms. The molecule has 5 aliphatic heterocycles. The number of hydrogen-bond acceptors (Lipinski definition) is 12. The highest BCUT2D eigenvalue weighted by atomic mass is 32.1. The summed E-state index contributed by atoms with van der Waals surface area (Å²) in [5, 5.41) is 11.6. The van der Waals surface area contributed by atoms with E-state index in [1.165, 1.54) is 11.3 Å². The van der Waals surface area contributed by atoms with Crippen molar-refractivity contribution in [2.24, 2.45) is 0 Å². The number of rotatable bonds is 9. The molecule has 0 radical (unpaired) electrons. The summed E-state index contributed by atoms with van der Waals surface area (Å²) in [6, 6.07) is 4.44. The summed E-state index contributed by atoms with van der Waals surface area (Å²) in [7, 11) is 1.73. The van der Waals surface area contributed by atoms with E-state index in [4.69, 9.17) is 29.9 Å². The van der Waals surface area contributed by atoms with Crippen LogP contribution in [-0.2, 0) is 22.7 Å². The number of nitrogen functional groups attached to an aromatic ring is 1. The number of benzene rings is 1. The van der Waals surface area contributed by atoms with Crippen LogP contribution in [0.4, 0.5) is 19.6 Å². The summed E-state index contributed by atoms with van der Waals surface area (Å²) in [5.74, 6) is 0.156. The normalized spacial score (nSPS) is 26.3. The number of nitrogens with two attached hydrogens (primary N) is 1. The number of aromatic nitrogens is 3. The molecule has 4 aromatic rings. The molecule has 2 unspecified atom stereocenters. The maximum atomic E-state index is 17.5. The minimum absolute atomic E-state index is 0.0963. The van der Waals surface area contributed by atoms with Crippen molar-refractivity contribution in [3.8, 4) is 23.2 Å². The number of piperazine rings is 1. The molecule has 2 bridgehead atoms. The number of anilines is 2. The van der Waals surface area contributed by atoms with Gasteiger partial charge in [-0.3, -0.25) is 9.80 Å². The second kappa shape index (κ2) is 12.5. The van der Waals surface area contributed by atoms with Gasteiger partial charge in [0.05, 0.1) is 29.7 Å². The predicted molar refractivity (Wildman–Crippen MR) is 186 cm³/mol. The van der Waals surface area contributed by atoms with E-state index in [1.54, 1.807) is 19.4 Å². The van der Waals surface area contributed by atoms with Crippen LogP contribution in [-0.4, -0.2) is 102 Å². The van der Waals surface area contributed by atoms with Crippen LogP contribution in [0.1, 0.15) is 55.2 Å². The number of ether oxygens (including phenoxy) is 3. The van der Waals surface area contributed by atoms with Gasteiger partial charge in [-0.1, -0.05) is 11.3 Å². The van der Waals surface area contributed by atoms with E-state index in [0.29, 0.717) is 50.5 Å². The third kappa shape index (κ3) is 5.04. The average molecular weight is 703 g/mol. The number of pyridine rings is 1. The van der Waals surface area contributed by atoms with E-state index in [0.717, 1.165) is 76.0 Å².